The molecule has 0 radical (unpaired) electrons. The van der Waals surface area contributed by atoms with Crippen LogP contribution in [0.4, 0.5) is 5.82 Å². The molecule has 2 aliphatic rings. The summed E-state index contributed by atoms with van der Waals surface area (Å²) in [6, 6.07) is 12.2. The van der Waals surface area contributed by atoms with E-state index in [0.717, 1.165) is 43.0 Å². The van der Waals surface area contributed by atoms with Gasteiger partial charge >= 0.3 is 0 Å². The number of hydrogen-bond acceptors (Lipinski definition) is 5. The lowest BCUT2D eigenvalue weighted by atomic mass is 9.95. The van der Waals surface area contributed by atoms with Crippen LogP contribution in [0.2, 0.25) is 0 Å². The molecule has 2 fully saturated rings. The van der Waals surface area contributed by atoms with E-state index in [2.05, 4.69) is 34.2 Å². The predicted molar refractivity (Wildman–Crippen MR) is 116 cm³/mol. The number of piperidine rings is 1. The molecule has 0 aliphatic carbocycles. The fourth-order valence-electron chi connectivity index (χ4n) is 4.35. The van der Waals surface area contributed by atoms with Gasteiger partial charge < -0.3 is 14.7 Å². The van der Waals surface area contributed by atoms with Crippen LogP contribution in [-0.2, 0) is 9.59 Å². The molecular formula is C23H29N5O2. The second-order valence-electron chi connectivity index (χ2n) is 8.18. The Balaban J connectivity index is 1.32. The Kier molecular flexibility index (Phi) is 5.97. The normalized spacial score (nSPS) is 17.9. The molecule has 2 amide bonds. The maximum absolute atomic E-state index is 12.9. The highest BCUT2D eigenvalue weighted by molar-refractivity contribution is 5.80. The van der Waals surface area contributed by atoms with Crippen molar-refractivity contribution in [2.45, 2.75) is 26.7 Å². The van der Waals surface area contributed by atoms with Crippen LogP contribution in [0.15, 0.2) is 36.4 Å². The van der Waals surface area contributed by atoms with Crippen molar-refractivity contribution in [3.05, 3.63) is 42.0 Å². The summed E-state index contributed by atoms with van der Waals surface area (Å²) in [6.45, 7) is 7.97. The van der Waals surface area contributed by atoms with Crippen LogP contribution in [0.1, 0.15) is 25.3 Å². The second kappa shape index (κ2) is 8.81. The summed E-state index contributed by atoms with van der Waals surface area (Å²) in [4.78, 5) is 30.4. The maximum Gasteiger partial charge on any atom is 0.225 e. The largest absolute Gasteiger partial charge is 0.352 e. The fourth-order valence-corrected chi connectivity index (χ4v) is 4.35. The van der Waals surface area contributed by atoms with Gasteiger partial charge in [-0.3, -0.25) is 9.59 Å². The van der Waals surface area contributed by atoms with Crippen molar-refractivity contribution in [2.75, 3.05) is 44.2 Å². The average Bonchev–Trinajstić information content (AvgIpc) is 2.79. The number of piperazine rings is 1. The summed E-state index contributed by atoms with van der Waals surface area (Å²) in [5, 5.41) is 8.87. The number of nitrogens with zero attached hydrogens (tertiary/aromatic N) is 5. The molecule has 0 spiro atoms. The molecule has 4 rings (SSSR count). The van der Waals surface area contributed by atoms with Gasteiger partial charge in [0.1, 0.15) is 0 Å². The number of hydrogen-bond donors (Lipinski definition) is 0. The summed E-state index contributed by atoms with van der Waals surface area (Å²) in [5.74, 6) is 1.23. The number of anilines is 1. The molecular weight excluding hydrogens is 378 g/mol. The van der Waals surface area contributed by atoms with Crippen LogP contribution in [-0.4, -0.2) is 71.1 Å². The van der Waals surface area contributed by atoms with Gasteiger partial charge in [0.2, 0.25) is 11.8 Å². The Hall–Kier alpha value is -2.96. The molecule has 0 atom stereocenters. The van der Waals surface area contributed by atoms with Gasteiger partial charge in [-0.1, -0.05) is 24.3 Å². The molecule has 30 heavy (non-hydrogen) atoms. The molecule has 3 heterocycles. The summed E-state index contributed by atoms with van der Waals surface area (Å²) in [6.07, 6.45) is 1.54. The maximum atomic E-state index is 12.9. The summed E-state index contributed by atoms with van der Waals surface area (Å²) >= 11 is 0. The van der Waals surface area contributed by atoms with Crippen LogP contribution in [0, 0.1) is 12.8 Å². The molecule has 158 valence electrons. The number of likely N-dealkylation sites (tertiary alicyclic amines) is 1. The fraction of sp³-hybridized carbons (Fsp3) is 0.478. The van der Waals surface area contributed by atoms with Crippen LogP contribution in [0.5, 0.6) is 0 Å². The first-order valence-corrected chi connectivity index (χ1v) is 10.7. The van der Waals surface area contributed by atoms with E-state index in [4.69, 9.17) is 0 Å². The Bertz CT molecular complexity index is 898. The Morgan fingerprint density at radius 3 is 2.17 bits per heavy atom. The third-order valence-electron chi connectivity index (χ3n) is 6.28. The van der Waals surface area contributed by atoms with Crippen molar-refractivity contribution in [2.24, 2.45) is 5.92 Å². The molecule has 2 aliphatic heterocycles. The van der Waals surface area contributed by atoms with Crippen LogP contribution < -0.4 is 4.90 Å². The summed E-state index contributed by atoms with van der Waals surface area (Å²) in [7, 11) is 0. The van der Waals surface area contributed by atoms with E-state index in [1.165, 1.54) is 5.56 Å². The molecule has 1 aromatic heterocycles. The number of rotatable bonds is 3. The molecule has 0 bridgehead atoms. The van der Waals surface area contributed by atoms with Gasteiger partial charge in [-0.15, -0.1) is 10.2 Å². The van der Waals surface area contributed by atoms with Gasteiger partial charge in [-0.25, -0.2) is 0 Å². The number of benzene rings is 1. The van der Waals surface area contributed by atoms with E-state index in [-0.39, 0.29) is 17.7 Å². The summed E-state index contributed by atoms with van der Waals surface area (Å²) < 4.78 is 0. The number of carbonyl (C=O) groups excluding carboxylic acids is 2. The topological polar surface area (TPSA) is 69.6 Å². The van der Waals surface area contributed by atoms with E-state index in [9.17, 15) is 9.59 Å². The number of carbonyl (C=O) groups is 2. The Labute approximate surface area is 177 Å². The van der Waals surface area contributed by atoms with E-state index in [1.54, 1.807) is 6.92 Å². The zero-order chi connectivity index (χ0) is 21.1. The quantitative estimate of drug-likeness (QED) is 0.781. The van der Waals surface area contributed by atoms with Gasteiger partial charge in [-0.2, -0.15) is 0 Å². The van der Waals surface area contributed by atoms with Crippen molar-refractivity contribution < 1.29 is 9.59 Å². The van der Waals surface area contributed by atoms with Crippen LogP contribution in [0.25, 0.3) is 11.3 Å². The van der Waals surface area contributed by atoms with Crippen molar-refractivity contribution in [1.82, 2.24) is 20.0 Å². The van der Waals surface area contributed by atoms with E-state index in [1.807, 2.05) is 34.1 Å². The van der Waals surface area contributed by atoms with E-state index < -0.39 is 0 Å². The van der Waals surface area contributed by atoms with Crippen LogP contribution >= 0.6 is 0 Å². The highest BCUT2D eigenvalue weighted by atomic mass is 16.2. The molecule has 0 N–H and O–H groups in total. The smallest absolute Gasteiger partial charge is 0.225 e. The van der Waals surface area contributed by atoms with Crippen molar-refractivity contribution in [3.8, 4) is 11.3 Å². The Morgan fingerprint density at radius 1 is 0.867 bits per heavy atom. The highest BCUT2D eigenvalue weighted by Gasteiger charge is 2.31. The number of amides is 2. The SMILES string of the molecule is CC(=O)N1CCC(C(=O)N2CCN(c3ccc(-c4ccccc4C)nn3)CC2)CC1. The third kappa shape index (κ3) is 4.30. The second-order valence-corrected chi connectivity index (χ2v) is 8.18. The number of aryl methyl sites for hydroxylation is 1. The van der Waals surface area contributed by atoms with Gasteiger partial charge in [0.05, 0.1) is 5.69 Å². The van der Waals surface area contributed by atoms with Crippen molar-refractivity contribution in [1.29, 1.82) is 0 Å². The lowest BCUT2D eigenvalue weighted by Crippen LogP contribution is -2.52. The molecule has 7 heteroatoms. The molecule has 0 saturated carbocycles. The third-order valence-corrected chi connectivity index (χ3v) is 6.28. The zero-order valence-corrected chi connectivity index (χ0v) is 17.8. The monoisotopic (exact) mass is 407 g/mol. The van der Waals surface area contributed by atoms with Gasteiger partial charge in [0.15, 0.2) is 5.82 Å². The highest BCUT2D eigenvalue weighted by Crippen LogP contribution is 2.24. The van der Waals surface area contributed by atoms with Crippen molar-refractivity contribution in [3.63, 3.8) is 0 Å². The first-order chi connectivity index (χ1) is 14.5. The van der Waals surface area contributed by atoms with E-state index in [0.29, 0.717) is 26.2 Å². The lowest BCUT2D eigenvalue weighted by molar-refractivity contribution is -0.140. The van der Waals surface area contributed by atoms with Crippen LogP contribution in [0.3, 0.4) is 0 Å². The van der Waals surface area contributed by atoms with Gasteiger partial charge in [0.25, 0.3) is 0 Å². The Morgan fingerprint density at radius 2 is 1.57 bits per heavy atom. The lowest BCUT2D eigenvalue weighted by Gasteiger charge is -2.38. The van der Waals surface area contributed by atoms with Gasteiger partial charge in [0, 0.05) is 57.7 Å². The molecule has 1 aromatic carbocycles. The molecule has 2 saturated heterocycles. The zero-order valence-electron chi connectivity index (χ0n) is 17.8. The first-order valence-electron chi connectivity index (χ1n) is 10.7. The summed E-state index contributed by atoms with van der Waals surface area (Å²) in [5.41, 5.74) is 3.16. The van der Waals surface area contributed by atoms with Crippen molar-refractivity contribution >= 4 is 17.6 Å². The average molecular weight is 408 g/mol. The minimum absolute atomic E-state index is 0.0420. The molecule has 7 nitrogen and oxygen atoms in total. The number of aromatic nitrogens is 2. The first kappa shape index (κ1) is 20.3. The van der Waals surface area contributed by atoms with E-state index >= 15 is 0 Å². The minimum Gasteiger partial charge on any atom is -0.352 e. The molecule has 0 unspecified atom stereocenters. The predicted octanol–water partition coefficient (Wildman–Crippen LogP) is 2.36. The molecule has 2 aromatic rings. The minimum atomic E-state index is 0.0420. The van der Waals surface area contributed by atoms with Gasteiger partial charge in [-0.05, 0) is 37.5 Å². The standard InChI is InChI=1S/C23H29N5O2/c1-17-5-3-4-6-20(17)21-7-8-22(25-24-21)27-13-15-28(16-14-27)23(30)19-9-11-26(12-10-19)18(2)29/h3-8,19H,9-16H2,1-2H3.